The molecule has 1 heterocycles. The van der Waals surface area contributed by atoms with Gasteiger partial charge in [0.1, 0.15) is 5.82 Å². The molecular weight excluding hydrogens is 279 g/mol. The molecule has 0 aliphatic carbocycles. The third-order valence-corrected chi connectivity index (χ3v) is 3.59. The minimum Gasteiger partial charge on any atom is -0.273 e. The summed E-state index contributed by atoms with van der Waals surface area (Å²) in [5.41, 5.74) is 4.26. The summed E-state index contributed by atoms with van der Waals surface area (Å²) in [7, 11) is 0. The highest BCUT2D eigenvalue weighted by atomic mass is 35.5. The lowest BCUT2D eigenvalue weighted by Gasteiger charge is -2.16. The van der Waals surface area contributed by atoms with Crippen molar-refractivity contribution in [2.45, 2.75) is 32.4 Å². The predicted octanol–water partition coefficient (Wildman–Crippen LogP) is 2.31. The highest BCUT2D eigenvalue weighted by Crippen LogP contribution is 2.21. The molecule has 0 bridgehead atoms. The van der Waals surface area contributed by atoms with Gasteiger partial charge in [0, 0.05) is 29.4 Å². The Bertz CT molecular complexity index is 550. The number of rotatable bonds is 6. The van der Waals surface area contributed by atoms with Gasteiger partial charge in [-0.15, -0.1) is 0 Å². The molecule has 0 spiro atoms. The van der Waals surface area contributed by atoms with Crippen LogP contribution in [0.25, 0.3) is 0 Å². The van der Waals surface area contributed by atoms with Crippen molar-refractivity contribution in [1.29, 1.82) is 0 Å². The van der Waals surface area contributed by atoms with Crippen molar-refractivity contribution < 1.29 is 4.39 Å². The number of nitrogens with two attached hydrogens (primary N) is 1. The van der Waals surface area contributed by atoms with Crippen LogP contribution in [-0.2, 0) is 19.4 Å². The molecule has 4 nitrogen and oxygen atoms in total. The van der Waals surface area contributed by atoms with Crippen LogP contribution in [0.2, 0.25) is 5.02 Å². The molecule has 3 N–H and O–H groups in total. The lowest BCUT2D eigenvalue weighted by Crippen LogP contribution is -2.38. The zero-order valence-corrected chi connectivity index (χ0v) is 12.1. The minimum absolute atomic E-state index is 0.0982. The zero-order chi connectivity index (χ0) is 14.5. The number of halogens is 2. The van der Waals surface area contributed by atoms with E-state index >= 15 is 0 Å². The summed E-state index contributed by atoms with van der Waals surface area (Å²) in [5, 5.41) is 4.64. The third-order valence-electron chi connectivity index (χ3n) is 3.24. The fourth-order valence-electron chi connectivity index (χ4n) is 2.13. The van der Waals surface area contributed by atoms with Gasteiger partial charge in [0.05, 0.1) is 6.20 Å². The quantitative estimate of drug-likeness (QED) is 0.635. The molecule has 2 rings (SSSR count). The van der Waals surface area contributed by atoms with Crippen LogP contribution in [0.15, 0.2) is 30.6 Å². The van der Waals surface area contributed by atoms with Crippen LogP contribution in [0, 0.1) is 5.82 Å². The molecule has 0 aliphatic heterocycles. The molecule has 1 aromatic carbocycles. The first-order chi connectivity index (χ1) is 9.63. The van der Waals surface area contributed by atoms with Gasteiger partial charge in [-0.3, -0.25) is 16.0 Å². The first kappa shape index (κ1) is 15.0. The van der Waals surface area contributed by atoms with Crippen molar-refractivity contribution in [2.75, 3.05) is 0 Å². The number of aromatic nitrogens is 2. The van der Waals surface area contributed by atoms with Gasteiger partial charge >= 0.3 is 0 Å². The molecule has 1 unspecified atom stereocenters. The summed E-state index contributed by atoms with van der Waals surface area (Å²) in [6, 6.07) is 4.59. The van der Waals surface area contributed by atoms with Crippen LogP contribution in [-0.4, -0.2) is 15.8 Å². The van der Waals surface area contributed by atoms with Crippen LogP contribution < -0.4 is 11.3 Å². The fourth-order valence-corrected chi connectivity index (χ4v) is 2.37. The highest BCUT2D eigenvalue weighted by molar-refractivity contribution is 6.31. The van der Waals surface area contributed by atoms with Gasteiger partial charge in [0.15, 0.2) is 0 Å². The number of hydrogen-bond acceptors (Lipinski definition) is 3. The van der Waals surface area contributed by atoms with Crippen molar-refractivity contribution in [2.24, 2.45) is 5.84 Å². The highest BCUT2D eigenvalue weighted by Gasteiger charge is 2.15. The molecule has 0 aliphatic rings. The van der Waals surface area contributed by atoms with Crippen LogP contribution in [0.3, 0.4) is 0 Å². The number of aryl methyl sites for hydroxylation is 1. The number of nitrogens with one attached hydrogen (secondary N) is 1. The summed E-state index contributed by atoms with van der Waals surface area (Å²) < 4.78 is 15.6. The fraction of sp³-hybridized carbons (Fsp3) is 0.357. The van der Waals surface area contributed by atoms with Crippen LogP contribution >= 0.6 is 11.6 Å². The second-order valence-electron chi connectivity index (χ2n) is 4.68. The molecule has 0 radical (unpaired) electrons. The second-order valence-corrected chi connectivity index (χ2v) is 5.08. The van der Waals surface area contributed by atoms with Crippen molar-refractivity contribution in [1.82, 2.24) is 15.2 Å². The summed E-state index contributed by atoms with van der Waals surface area (Å²) in [6.45, 7) is 2.84. The summed E-state index contributed by atoms with van der Waals surface area (Å²) >= 11 is 6.04. The third kappa shape index (κ3) is 3.56. The van der Waals surface area contributed by atoms with Gasteiger partial charge in [-0.1, -0.05) is 17.7 Å². The molecule has 1 atom stereocenters. The molecule has 6 heteroatoms. The Kier molecular flexibility index (Phi) is 5.11. The van der Waals surface area contributed by atoms with E-state index in [1.807, 2.05) is 17.8 Å². The molecule has 108 valence electrons. The van der Waals surface area contributed by atoms with E-state index in [2.05, 4.69) is 10.5 Å². The average Bonchev–Trinajstić information content (AvgIpc) is 2.89. The molecular formula is C14H18ClFN4. The molecule has 2 aromatic rings. The Morgan fingerprint density at radius 2 is 2.25 bits per heavy atom. The van der Waals surface area contributed by atoms with Crippen molar-refractivity contribution >= 4 is 11.6 Å². The Balaban J connectivity index is 2.09. The Labute approximate surface area is 122 Å². The van der Waals surface area contributed by atoms with E-state index in [0.717, 1.165) is 12.1 Å². The summed E-state index contributed by atoms with van der Waals surface area (Å²) in [6.07, 6.45) is 4.87. The Hall–Kier alpha value is -1.43. The monoisotopic (exact) mass is 296 g/mol. The second kappa shape index (κ2) is 6.83. The number of nitrogens with zero attached hydrogens (tertiary/aromatic N) is 2. The van der Waals surface area contributed by atoms with Crippen molar-refractivity contribution in [3.63, 3.8) is 0 Å². The first-order valence-electron chi connectivity index (χ1n) is 6.54. The number of hydrazine groups is 1. The standard InChI is InChI=1S/C14H18ClFN4/c1-2-20-9-10(8-18-20)6-11(19-17)7-12-13(15)4-3-5-14(12)16/h3-5,8-9,11,19H,2,6-7,17H2,1H3. The first-order valence-corrected chi connectivity index (χ1v) is 6.92. The van der Waals surface area contributed by atoms with Gasteiger partial charge in [-0.2, -0.15) is 5.10 Å². The SMILES string of the molecule is CCn1cc(CC(Cc2c(F)cccc2Cl)NN)cn1. The number of benzene rings is 1. The van der Waals surface area contributed by atoms with E-state index in [4.69, 9.17) is 17.4 Å². The smallest absolute Gasteiger partial charge is 0.127 e. The summed E-state index contributed by atoms with van der Waals surface area (Å²) in [5.74, 6) is 5.26. The Morgan fingerprint density at radius 1 is 1.45 bits per heavy atom. The maximum Gasteiger partial charge on any atom is 0.127 e. The van der Waals surface area contributed by atoms with Gasteiger partial charge in [-0.05, 0) is 37.5 Å². The van der Waals surface area contributed by atoms with Crippen LogP contribution in [0.1, 0.15) is 18.1 Å². The lowest BCUT2D eigenvalue weighted by atomic mass is 10.0. The zero-order valence-electron chi connectivity index (χ0n) is 11.3. The van der Waals surface area contributed by atoms with Gasteiger partial charge in [0.25, 0.3) is 0 Å². The van der Waals surface area contributed by atoms with E-state index in [1.165, 1.54) is 6.07 Å². The molecule has 0 amide bonds. The molecule has 0 saturated carbocycles. The van der Waals surface area contributed by atoms with Crippen LogP contribution in [0.5, 0.6) is 0 Å². The van der Waals surface area contributed by atoms with Gasteiger partial charge < -0.3 is 0 Å². The van der Waals surface area contributed by atoms with Crippen LogP contribution in [0.4, 0.5) is 4.39 Å². The minimum atomic E-state index is -0.304. The summed E-state index contributed by atoms with van der Waals surface area (Å²) in [4.78, 5) is 0. The van der Waals surface area contributed by atoms with E-state index in [1.54, 1.807) is 18.3 Å². The normalized spacial score (nSPS) is 12.6. The topological polar surface area (TPSA) is 55.9 Å². The van der Waals surface area contributed by atoms with Crippen molar-refractivity contribution in [3.05, 3.63) is 52.6 Å². The van der Waals surface area contributed by atoms with Crippen molar-refractivity contribution in [3.8, 4) is 0 Å². The molecule has 20 heavy (non-hydrogen) atoms. The average molecular weight is 297 g/mol. The maximum atomic E-state index is 13.8. The van der Waals surface area contributed by atoms with E-state index < -0.39 is 0 Å². The largest absolute Gasteiger partial charge is 0.273 e. The molecule has 0 saturated heterocycles. The van der Waals surface area contributed by atoms with Gasteiger partial charge in [-0.25, -0.2) is 4.39 Å². The van der Waals surface area contributed by atoms with Gasteiger partial charge in [0.2, 0.25) is 0 Å². The predicted molar refractivity (Wildman–Crippen MR) is 77.8 cm³/mol. The lowest BCUT2D eigenvalue weighted by molar-refractivity contribution is 0.506. The molecule has 0 fully saturated rings. The number of hydrogen-bond donors (Lipinski definition) is 2. The molecule has 1 aromatic heterocycles. The van der Waals surface area contributed by atoms with E-state index in [-0.39, 0.29) is 11.9 Å². The maximum absolute atomic E-state index is 13.8. The Morgan fingerprint density at radius 3 is 2.85 bits per heavy atom. The van der Waals surface area contributed by atoms with E-state index in [0.29, 0.717) is 23.4 Å². The van der Waals surface area contributed by atoms with E-state index in [9.17, 15) is 4.39 Å².